The highest BCUT2D eigenvalue weighted by Gasteiger charge is 2.38. The Labute approximate surface area is 187 Å². The number of carbonyl (C=O) groups is 2. The normalized spacial score (nSPS) is 11.3. The van der Waals surface area contributed by atoms with Crippen molar-refractivity contribution in [2.45, 2.75) is 37.1 Å². The van der Waals surface area contributed by atoms with Gasteiger partial charge < -0.3 is 15.1 Å². The number of benzene rings is 1. The molecule has 0 spiro atoms. The molecule has 1 aromatic heterocycles. The zero-order chi connectivity index (χ0) is 24.5. The lowest BCUT2D eigenvalue weighted by Crippen LogP contribution is -2.26. The molecule has 0 unspecified atom stereocenters. The summed E-state index contributed by atoms with van der Waals surface area (Å²) in [5.41, 5.74) is 0.924. The van der Waals surface area contributed by atoms with Crippen LogP contribution in [0.25, 0.3) is 0 Å². The number of alkyl halides is 3. The average Bonchev–Trinajstić information content (AvgIpc) is 3.24. The molecule has 0 fully saturated rings. The summed E-state index contributed by atoms with van der Waals surface area (Å²) in [6, 6.07) is 7.79. The molecule has 178 valence electrons. The number of nitrogens with zero attached hydrogens (tertiary/aromatic N) is 1. The van der Waals surface area contributed by atoms with Crippen LogP contribution in [0.4, 0.5) is 24.5 Å². The van der Waals surface area contributed by atoms with Crippen molar-refractivity contribution in [3.8, 4) is 0 Å². The van der Waals surface area contributed by atoms with Crippen LogP contribution in [0, 0.1) is 0 Å². The standard InChI is InChI=1S/C17H22N2O4S2.C2HF3O2/c1-3-5-10-19(4-2)15-9-8-13(12-14(15)17(20)21)18-25(22,23)16-7-6-11-24-16;3-2(4,5)1(6)7/h6-9,11-12,18H,3-5,10H2,1-2H3,(H,20,21);(H,6,7). The number of thiophene rings is 1. The van der Waals surface area contributed by atoms with Crippen LogP contribution in [0.3, 0.4) is 0 Å². The topological polar surface area (TPSA) is 124 Å². The van der Waals surface area contributed by atoms with Gasteiger partial charge in [-0.25, -0.2) is 18.0 Å². The fourth-order valence-corrected chi connectivity index (χ4v) is 4.51. The van der Waals surface area contributed by atoms with Gasteiger partial charge in [-0.1, -0.05) is 19.4 Å². The van der Waals surface area contributed by atoms with E-state index in [1.54, 1.807) is 23.6 Å². The molecule has 0 aliphatic carbocycles. The van der Waals surface area contributed by atoms with E-state index >= 15 is 0 Å². The molecule has 0 atom stereocenters. The molecule has 0 radical (unpaired) electrons. The highest BCUT2D eigenvalue weighted by molar-refractivity contribution is 7.94. The molecule has 0 bridgehead atoms. The number of sulfonamides is 1. The summed E-state index contributed by atoms with van der Waals surface area (Å²) in [7, 11) is -3.70. The fraction of sp³-hybridized carbons (Fsp3) is 0.368. The molecule has 0 amide bonds. The van der Waals surface area contributed by atoms with Gasteiger partial charge in [0.05, 0.1) is 11.3 Å². The number of nitrogens with one attached hydrogen (secondary N) is 1. The molecule has 0 aliphatic rings. The van der Waals surface area contributed by atoms with E-state index in [1.807, 2.05) is 11.8 Å². The Morgan fingerprint density at radius 2 is 1.78 bits per heavy atom. The monoisotopic (exact) mass is 496 g/mol. The van der Waals surface area contributed by atoms with E-state index in [4.69, 9.17) is 9.90 Å². The minimum absolute atomic E-state index is 0.0873. The number of unbranched alkanes of at least 4 members (excludes halogenated alkanes) is 1. The van der Waals surface area contributed by atoms with E-state index < -0.39 is 28.1 Å². The second-order valence-corrected chi connectivity index (χ2v) is 9.17. The third-order valence-corrected chi connectivity index (χ3v) is 6.76. The minimum atomic E-state index is -5.08. The maximum atomic E-state index is 12.3. The number of carboxylic acids is 2. The number of rotatable bonds is 9. The van der Waals surface area contributed by atoms with Gasteiger partial charge in [0, 0.05) is 18.8 Å². The molecule has 32 heavy (non-hydrogen) atoms. The van der Waals surface area contributed by atoms with E-state index in [2.05, 4.69) is 11.6 Å². The lowest BCUT2D eigenvalue weighted by Gasteiger charge is -2.25. The van der Waals surface area contributed by atoms with Crippen LogP contribution in [0.2, 0.25) is 0 Å². The first-order chi connectivity index (χ1) is 14.8. The van der Waals surface area contributed by atoms with Crippen molar-refractivity contribution in [2.24, 2.45) is 0 Å². The molecule has 0 saturated heterocycles. The Morgan fingerprint density at radius 3 is 2.22 bits per heavy atom. The zero-order valence-electron chi connectivity index (χ0n) is 17.2. The number of aliphatic carboxylic acids is 1. The van der Waals surface area contributed by atoms with E-state index in [0.717, 1.165) is 30.7 Å². The second kappa shape index (κ2) is 11.7. The van der Waals surface area contributed by atoms with Crippen LogP contribution in [-0.2, 0) is 14.8 Å². The van der Waals surface area contributed by atoms with Crippen molar-refractivity contribution in [3.63, 3.8) is 0 Å². The first-order valence-electron chi connectivity index (χ1n) is 9.32. The Balaban J connectivity index is 0.000000633. The van der Waals surface area contributed by atoms with E-state index in [9.17, 15) is 31.5 Å². The first-order valence-corrected chi connectivity index (χ1v) is 11.7. The second-order valence-electron chi connectivity index (χ2n) is 6.31. The average molecular weight is 497 g/mol. The maximum Gasteiger partial charge on any atom is 0.490 e. The highest BCUT2D eigenvalue weighted by Crippen LogP contribution is 2.27. The minimum Gasteiger partial charge on any atom is -0.478 e. The molecular formula is C19H23F3N2O6S2. The lowest BCUT2D eigenvalue weighted by atomic mass is 10.1. The maximum absolute atomic E-state index is 12.3. The van der Waals surface area contributed by atoms with Crippen molar-refractivity contribution in [3.05, 3.63) is 41.3 Å². The lowest BCUT2D eigenvalue weighted by molar-refractivity contribution is -0.192. The Kier molecular flexibility index (Phi) is 9.97. The van der Waals surface area contributed by atoms with Crippen molar-refractivity contribution in [1.82, 2.24) is 0 Å². The van der Waals surface area contributed by atoms with Crippen LogP contribution < -0.4 is 9.62 Å². The fourth-order valence-electron chi connectivity index (χ4n) is 2.47. The number of anilines is 2. The van der Waals surface area contributed by atoms with Gasteiger partial charge in [0.25, 0.3) is 10.0 Å². The number of halogens is 3. The number of carboxylic acid groups (broad SMARTS) is 2. The van der Waals surface area contributed by atoms with Gasteiger partial charge in [-0.05, 0) is 43.0 Å². The highest BCUT2D eigenvalue weighted by atomic mass is 32.2. The van der Waals surface area contributed by atoms with Crippen molar-refractivity contribution in [2.75, 3.05) is 22.7 Å². The van der Waals surface area contributed by atoms with E-state index in [-0.39, 0.29) is 15.5 Å². The van der Waals surface area contributed by atoms with Gasteiger partial charge >= 0.3 is 18.1 Å². The Bertz CT molecular complexity index is 1010. The van der Waals surface area contributed by atoms with Crippen LogP contribution in [-0.4, -0.2) is 49.8 Å². The van der Waals surface area contributed by atoms with E-state index in [1.165, 1.54) is 12.1 Å². The largest absolute Gasteiger partial charge is 0.490 e. The Morgan fingerprint density at radius 1 is 1.16 bits per heavy atom. The van der Waals surface area contributed by atoms with E-state index in [0.29, 0.717) is 12.2 Å². The molecule has 1 aromatic carbocycles. The molecule has 0 saturated carbocycles. The smallest absolute Gasteiger partial charge is 0.478 e. The van der Waals surface area contributed by atoms with Crippen LogP contribution >= 0.6 is 11.3 Å². The van der Waals surface area contributed by atoms with Gasteiger partial charge in [0.1, 0.15) is 4.21 Å². The van der Waals surface area contributed by atoms with Crippen molar-refractivity contribution >= 4 is 44.7 Å². The predicted octanol–water partition coefficient (Wildman–Crippen LogP) is 4.51. The van der Waals surface area contributed by atoms with Gasteiger partial charge in [0.2, 0.25) is 0 Å². The van der Waals surface area contributed by atoms with Gasteiger partial charge in [-0.15, -0.1) is 11.3 Å². The molecule has 13 heteroatoms. The Hall–Kier alpha value is -2.80. The number of hydrogen-bond acceptors (Lipinski definition) is 6. The van der Waals surface area contributed by atoms with Crippen molar-refractivity contribution in [1.29, 1.82) is 0 Å². The summed E-state index contributed by atoms with van der Waals surface area (Å²) in [6.07, 6.45) is -3.11. The summed E-state index contributed by atoms with van der Waals surface area (Å²) in [6.45, 7) is 5.48. The van der Waals surface area contributed by atoms with Crippen LogP contribution in [0.15, 0.2) is 39.9 Å². The summed E-state index contributed by atoms with van der Waals surface area (Å²) < 4.78 is 59.0. The number of aromatic carboxylic acids is 1. The molecule has 1 heterocycles. The number of hydrogen-bond donors (Lipinski definition) is 3. The van der Waals surface area contributed by atoms with Gasteiger partial charge in [-0.3, -0.25) is 4.72 Å². The SMILES string of the molecule is CCCCN(CC)c1ccc(NS(=O)(=O)c2cccs2)cc1C(=O)O.O=C(O)C(F)(F)F. The third-order valence-electron chi connectivity index (χ3n) is 3.99. The summed E-state index contributed by atoms with van der Waals surface area (Å²) in [4.78, 5) is 22.5. The summed E-state index contributed by atoms with van der Waals surface area (Å²) >= 11 is 1.11. The molecule has 2 aromatic rings. The quantitative estimate of drug-likeness (QED) is 0.467. The van der Waals surface area contributed by atoms with Crippen LogP contribution in [0.1, 0.15) is 37.0 Å². The third kappa shape index (κ3) is 8.04. The molecular weight excluding hydrogens is 473 g/mol. The summed E-state index contributed by atoms with van der Waals surface area (Å²) in [5.74, 6) is -3.84. The molecule has 0 aliphatic heterocycles. The summed E-state index contributed by atoms with van der Waals surface area (Å²) in [5, 5.41) is 18.3. The molecule has 3 N–H and O–H groups in total. The first kappa shape index (κ1) is 27.2. The molecule has 8 nitrogen and oxygen atoms in total. The van der Waals surface area contributed by atoms with Crippen molar-refractivity contribution < 1.29 is 41.4 Å². The zero-order valence-corrected chi connectivity index (χ0v) is 18.9. The predicted molar refractivity (Wildman–Crippen MR) is 115 cm³/mol. The van der Waals surface area contributed by atoms with Crippen LogP contribution in [0.5, 0.6) is 0 Å². The van der Waals surface area contributed by atoms with Gasteiger partial charge in [0.15, 0.2) is 0 Å². The molecule has 2 rings (SSSR count). The van der Waals surface area contributed by atoms with Gasteiger partial charge in [-0.2, -0.15) is 13.2 Å².